The molecule has 1 saturated heterocycles. The Morgan fingerprint density at radius 1 is 1.18 bits per heavy atom. The maximum absolute atomic E-state index is 9.79. The van der Waals surface area contributed by atoms with Gasteiger partial charge < -0.3 is 18.8 Å². The van der Waals surface area contributed by atoms with Gasteiger partial charge in [-0.05, 0) is 24.6 Å². The largest absolute Gasteiger partial charge is 0.467 e. The van der Waals surface area contributed by atoms with Gasteiger partial charge in [0.25, 0.3) is 0 Å². The van der Waals surface area contributed by atoms with Crippen LogP contribution in [0.25, 0.3) is 0 Å². The van der Waals surface area contributed by atoms with Gasteiger partial charge in [-0.25, -0.2) is 0 Å². The Morgan fingerprint density at radius 2 is 2.00 bits per heavy atom. The molecule has 1 N–H and O–H groups in total. The van der Waals surface area contributed by atoms with E-state index >= 15 is 0 Å². The normalized spacial score (nSPS) is 25.1. The number of hydrogen-bond acceptors (Lipinski definition) is 4. The van der Waals surface area contributed by atoms with Gasteiger partial charge >= 0.3 is 0 Å². The summed E-state index contributed by atoms with van der Waals surface area (Å²) in [7, 11) is 0. The molecule has 0 radical (unpaired) electrons. The van der Waals surface area contributed by atoms with Crippen LogP contribution in [0.3, 0.4) is 0 Å². The van der Waals surface area contributed by atoms with E-state index in [4.69, 9.17) is 8.83 Å². The first-order valence-electron chi connectivity index (χ1n) is 5.86. The van der Waals surface area contributed by atoms with E-state index in [1.165, 1.54) is 0 Å². The molecular formula is C13H15NO3. The van der Waals surface area contributed by atoms with Gasteiger partial charge in [0.05, 0.1) is 24.7 Å². The van der Waals surface area contributed by atoms with Gasteiger partial charge in [-0.1, -0.05) is 0 Å². The molecule has 4 nitrogen and oxygen atoms in total. The van der Waals surface area contributed by atoms with E-state index in [9.17, 15) is 5.11 Å². The van der Waals surface area contributed by atoms with Crippen LogP contribution < -0.4 is 4.90 Å². The molecule has 2 unspecified atom stereocenters. The van der Waals surface area contributed by atoms with Gasteiger partial charge in [0.2, 0.25) is 0 Å². The Balaban J connectivity index is 1.90. The molecule has 4 heteroatoms. The minimum absolute atomic E-state index is 0.0555. The maximum atomic E-state index is 9.79. The SMILES string of the molecule is OC1CCN(c2ccco2)C(c2ccco2)C1. The van der Waals surface area contributed by atoms with E-state index < -0.39 is 0 Å². The summed E-state index contributed by atoms with van der Waals surface area (Å²) in [6.45, 7) is 0.778. The van der Waals surface area contributed by atoms with Gasteiger partial charge in [-0.15, -0.1) is 0 Å². The summed E-state index contributed by atoms with van der Waals surface area (Å²) < 4.78 is 10.9. The van der Waals surface area contributed by atoms with Crippen LogP contribution in [0.5, 0.6) is 0 Å². The lowest BCUT2D eigenvalue weighted by Gasteiger charge is -2.36. The second-order valence-electron chi connectivity index (χ2n) is 4.35. The van der Waals surface area contributed by atoms with E-state index in [1.807, 2.05) is 24.3 Å². The van der Waals surface area contributed by atoms with E-state index in [0.29, 0.717) is 6.42 Å². The Morgan fingerprint density at radius 3 is 2.71 bits per heavy atom. The second kappa shape index (κ2) is 4.30. The molecule has 1 fully saturated rings. The van der Waals surface area contributed by atoms with Crippen molar-refractivity contribution in [3.05, 3.63) is 42.6 Å². The van der Waals surface area contributed by atoms with Crippen LogP contribution in [-0.2, 0) is 0 Å². The molecule has 0 amide bonds. The Hall–Kier alpha value is -1.68. The summed E-state index contributed by atoms with van der Waals surface area (Å²) in [5, 5.41) is 9.79. The van der Waals surface area contributed by atoms with Gasteiger partial charge in [-0.2, -0.15) is 0 Å². The quantitative estimate of drug-likeness (QED) is 0.866. The zero-order chi connectivity index (χ0) is 11.7. The highest BCUT2D eigenvalue weighted by molar-refractivity contribution is 5.39. The average Bonchev–Trinajstić information content (AvgIpc) is 3.02. The first-order valence-corrected chi connectivity index (χ1v) is 5.86. The van der Waals surface area contributed by atoms with Crippen LogP contribution in [0.2, 0.25) is 0 Å². The van der Waals surface area contributed by atoms with Crippen LogP contribution >= 0.6 is 0 Å². The Kier molecular flexibility index (Phi) is 2.65. The number of piperidine rings is 1. The number of anilines is 1. The molecule has 1 aliphatic rings. The van der Waals surface area contributed by atoms with Crippen molar-refractivity contribution >= 4 is 5.88 Å². The predicted molar refractivity (Wildman–Crippen MR) is 62.7 cm³/mol. The van der Waals surface area contributed by atoms with Crippen molar-refractivity contribution in [1.82, 2.24) is 0 Å². The lowest BCUT2D eigenvalue weighted by Crippen LogP contribution is -2.38. The van der Waals surface area contributed by atoms with Crippen molar-refractivity contribution in [1.29, 1.82) is 0 Å². The summed E-state index contributed by atoms with van der Waals surface area (Å²) in [5.41, 5.74) is 0. The minimum atomic E-state index is -0.267. The standard InChI is InChI=1S/C13H15NO3/c15-10-5-6-14(13-4-2-8-17-13)11(9-10)12-3-1-7-16-12/h1-4,7-8,10-11,15H,5-6,9H2. The van der Waals surface area contributed by atoms with E-state index in [-0.39, 0.29) is 12.1 Å². The lowest BCUT2D eigenvalue weighted by atomic mass is 9.98. The highest BCUT2D eigenvalue weighted by Gasteiger charge is 2.31. The van der Waals surface area contributed by atoms with Crippen molar-refractivity contribution in [3.8, 4) is 0 Å². The molecule has 0 aliphatic carbocycles. The third-order valence-corrected chi connectivity index (χ3v) is 3.24. The van der Waals surface area contributed by atoms with Crippen LogP contribution in [0, 0.1) is 0 Å². The van der Waals surface area contributed by atoms with Crippen molar-refractivity contribution in [2.45, 2.75) is 25.0 Å². The molecule has 0 bridgehead atoms. The number of aliphatic hydroxyl groups excluding tert-OH is 1. The van der Waals surface area contributed by atoms with E-state index in [0.717, 1.165) is 24.6 Å². The monoisotopic (exact) mass is 233 g/mol. The number of aliphatic hydroxyl groups is 1. The molecule has 0 aromatic carbocycles. The van der Waals surface area contributed by atoms with Crippen molar-refractivity contribution in [3.63, 3.8) is 0 Å². The van der Waals surface area contributed by atoms with Crippen molar-refractivity contribution in [2.75, 3.05) is 11.4 Å². The summed E-state index contributed by atoms with van der Waals surface area (Å²) >= 11 is 0. The number of nitrogens with zero attached hydrogens (tertiary/aromatic N) is 1. The Bertz CT molecular complexity index is 449. The predicted octanol–water partition coefficient (Wildman–Crippen LogP) is 2.58. The van der Waals surface area contributed by atoms with E-state index in [1.54, 1.807) is 12.5 Å². The fourth-order valence-corrected chi connectivity index (χ4v) is 2.39. The number of furan rings is 2. The first kappa shape index (κ1) is 10.5. The highest BCUT2D eigenvalue weighted by atomic mass is 16.4. The molecule has 90 valence electrons. The second-order valence-corrected chi connectivity index (χ2v) is 4.35. The first-order chi connectivity index (χ1) is 8.34. The summed E-state index contributed by atoms with van der Waals surface area (Å²) in [6, 6.07) is 7.68. The molecule has 3 rings (SSSR count). The zero-order valence-electron chi connectivity index (χ0n) is 9.45. The van der Waals surface area contributed by atoms with Crippen LogP contribution in [0.1, 0.15) is 24.6 Å². The van der Waals surface area contributed by atoms with Crippen molar-refractivity contribution in [2.24, 2.45) is 0 Å². The highest BCUT2D eigenvalue weighted by Crippen LogP contribution is 2.35. The zero-order valence-corrected chi connectivity index (χ0v) is 9.45. The van der Waals surface area contributed by atoms with Gasteiger partial charge in [0.15, 0.2) is 5.88 Å². The van der Waals surface area contributed by atoms with Crippen LogP contribution in [0.4, 0.5) is 5.88 Å². The molecular weight excluding hydrogens is 218 g/mol. The van der Waals surface area contributed by atoms with Gasteiger partial charge in [0.1, 0.15) is 5.76 Å². The third kappa shape index (κ3) is 1.96. The molecule has 0 spiro atoms. The maximum Gasteiger partial charge on any atom is 0.195 e. The van der Waals surface area contributed by atoms with Crippen LogP contribution in [-0.4, -0.2) is 17.8 Å². The average molecular weight is 233 g/mol. The fourth-order valence-electron chi connectivity index (χ4n) is 2.39. The number of rotatable bonds is 2. The summed E-state index contributed by atoms with van der Waals surface area (Å²) in [5.74, 6) is 1.71. The van der Waals surface area contributed by atoms with Gasteiger partial charge in [-0.3, -0.25) is 0 Å². The fraction of sp³-hybridized carbons (Fsp3) is 0.385. The lowest BCUT2D eigenvalue weighted by molar-refractivity contribution is 0.122. The molecule has 1 aliphatic heterocycles. The third-order valence-electron chi connectivity index (χ3n) is 3.24. The molecule has 17 heavy (non-hydrogen) atoms. The van der Waals surface area contributed by atoms with Crippen LogP contribution in [0.15, 0.2) is 45.6 Å². The number of hydrogen-bond donors (Lipinski definition) is 1. The molecule has 2 atom stereocenters. The van der Waals surface area contributed by atoms with Crippen molar-refractivity contribution < 1.29 is 13.9 Å². The van der Waals surface area contributed by atoms with E-state index in [2.05, 4.69) is 4.90 Å². The van der Waals surface area contributed by atoms with Gasteiger partial charge in [0, 0.05) is 19.0 Å². The molecule has 2 aromatic rings. The summed E-state index contributed by atoms with van der Waals surface area (Å²) in [4.78, 5) is 2.14. The summed E-state index contributed by atoms with van der Waals surface area (Å²) in [6.07, 6.45) is 4.50. The minimum Gasteiger partial charge on any atom is -0.467 e. The topological polar surface area (TPSA) is 49.8 Å². The Labute approximate surface area is 99.5 Å². The molecule has 3 heterocycles. The smallest absolute Gasteiger partial charge is 0.195 e. The molecule has 0 saturated carbocycles. The molecule has 2 aromatic heterocycles.